The zero-order chi connectivity index (χ0) is 22.2. The molecule has 0 aliphatic heterocycles. The molecular weight excluding hydrogens is 404 g/mol. The van der Waals surface area contributed by atoms with Crippen molar-refractivity contribution in [3.8, 4) is 11.5 Å². The summed E-state index contributed by atoms with van der Waals surface area (Å²) in [6.07, 6.45) is 1.44. The van der Waals surface area contributed by atoms with Gasteiger partial charge in [-0.1, -0.05) is 30.3 Å². The van der Waals surface area contributed by atoms with Gasteiger partial charge < -0.3 is 9.47 Å². The Balaban J connectivity index is 1.75. The Morgan fingerprint density at radius 3 is 2.42 bits per heavy atom. The number of anilines is 1. The number of rotatable bonds is 9. The summed E-state index contributed by atoms with van der Waals surface area (Å²) in [6.45, 7) is 0.352. The van der Waals surface area contributed by atoms with Crippen molar-refractivity contribution >= 4 is 23.3 Å². The average molecular weight is 422 g/mol. The zero-order valence-electron chi connectivity index (χ0n) is 16.4. The molecule has 10 heteroatoms. The van der Waals surface area contributed by atoms with Gasteiger partial charge >= 0.3 is 5.69 Å². The molecule has 0 unspecified atom stereocenters. The highest BCUT2D eigenvalue weighted by molar-refractivity contribution is 5.82. The minimum atomic E-state index is -0.715. The van der Waals surface area contributed by atoms with Crippen LogP contribution in [0.15, 0.2) is 71.8 Å². The lowest BCUT2D eigenvalue weighted by Gasteiger charge is -2.11. The number of nitro benzene ring substituents is 2. The third-order valence-corrected chi connectivity index (χ3v) is 4.21. The largest absolute Gasteiger partial charge is 0.493 e. The molecule has 0 heterocycles. The Bertz CT molecular complexity index is 1120. The summed E-state index contributed by atoms with van der Waals surface area (Å²) in [4.78, 5) is 20.6. The van der Waals surface area contributed by atoms with Gasteiger partial charge in [0.2, 0.25) is 0 Å². The van der Waals surface area contributed by atoms with Crippen LogP contribution >= 0.6 is 0 Å². The second-order valence-corrected chi connectivity index (χ2v) is 6.27. The van der Waals surface area contributed by atoms with Crippen LogP contribution in [-0.4, -0.2) is 23.2 Å². The van der Waals surface area contributed by atoms with Gasteiger partial charge in [-0.15, -0.1) is 0 Å². The van der Waals surface area contributed by atoms with Crippen molar-refractivity contribution in [2.24, 2.45) is 5.10 Å². The fraction of sp³-hybridized carbons (Fsp3) is 0.0952. The summed E-state index contributed by atoms with van der Waals surface area (Å²) in [5, 5.41) is 26.0. The van der Waals surface area contributed by atoms with Crippen LogP contribution in [-0.2, 0) is 6.61 Å². The van der Waals surface area contributed by atoms with E-state index in [0.717, 1.165) is 17.7 Å². The molecule has 10 nitrogen and oxygen atoms in total. The molecule has 0 saturated heterocycles. The van der Waals surface area contributed by atoms with E-state index in [9.17, 15) is 20.2 Å². The topological polar surface area (TPSA) is 129 Å². The highest BCUT2D eigenvalue weighted by Gasteiger charge is 2.19. The van der Waals surface area contributed by atoms with Crippen molar-refractivity contribution in [3.05, 3.63) is 98.1 Å². The van der Waals surface area contributed by atoms with Crippen LogP contribution in [0.5, 0.6) is 11.5 Å². The Kier molecular flexibility index (Phi) is 6.74. The minimum absolute atomic E-state index is 0.0286. The maximum atomic E-state index is 11.2. The van der Waals surface area contributed by atoms with Crippen LogP contribution in [0.25, 0.3) is 0 Å². The fourth-order valence-corrected chi connectivity index (χ4v) is 2.68. The first-order chi connectivity index (χ1) is 15.0. The van der Waals surface area contributed by atoms with E-state index in [4.69, 9.17) is 9.47 Å². The van der Waals surface area contributed by atoms with Crippen molar-refractivity contribution in [2.45, 2.75) is 6.61 Å². The molecule has 3 aromatic rings. The van der Waals surface area contributed by atoms with Crippen LogP contribution in [0.2, 0.25) is 0 Å². The molecule has 0 fully saturated rings. The van der Waals surface area contributed by atoms with E-state index in [2.05, 4.69) is 10.5 Å². The normalized spacial score (nSPS) is 10.6. The van der Waals surface area contributed by atoms with E-state index < -0.39 is 15.5 Å². The molecule has 31 heavy (non-hydrogen) atoms. The molecule has 158 valence electrons. The Labute approximate surface area is 177 Å². The first kappa shape index (κ1) is 21.2. The maximum absolute atomic E-state index is 11.2. The van der Waals surface area contributed by atoms with Gasteiger partial charge in [0.15, 0.2) is 11.5 Å². The van der Waals surface area contributed by atoms with E-state index in [-0.39, 0.29) is 11.4 Å². The van der Waals surface area contributed by atoms with Crippen LogP contribution < -0.4 is 14.9 Å². The van der Waals surface area contributed by atoms with E-state index in [1.165, 1.54) is 19.4 Å². The molecule has 0 saturated carbocycles. The summed E-state index contributed by atoms with van der Waals surface area (Å²) < 4.78 is 11.2. The number of benzene rings is 3. The number of hydrazone groups is 1. The molecule has 0 amide bonds. The van der Waals surface area contributed by atoms with Gasteiger partial charge in [-0.3, -0.25) is 25.7 Å². The first-order valence-corrected chi connectivity index (χ1v) is 9.04. The first-order valence-electron chi connectivity index (χ1n) is 9.04. The number of methoxy groups -OCH3 is 1. The van der Waals surface area contributed by atoms with E-state index in [1.807, 2.05) is 30.3 Å². The number of hydrogen-bond donors (Lipinski definition) is 1. The number of nitrogens with zero attached hydrogens (tertiary/aromatic N) is 3. The fourth-order valence-electron chi connectivity index (χ4n) is 2.68. The third-order valence-electron chi connectivity index (χ3n) is 4.21. The third kappa shape index (κ3) is 5.54. The Morgan fingerprint density at radius 2 is 1.74 bits per heavy atom. The molecule has 3 aromatic carbocycles. The molecule has 3 rings (SSSR count). The summed E-state index contributed by atoms with van der Waals surface area (Å²) in [5.74, 6) is 1.06. The van der Waals surface area contributed by atoms with Crippen molar-refractivity contribution in [1.82, 2.24) is 0 Å². The highest BCUT2D eigenvalue weighted by atomic mass is 16.6. The van der Waals surface area contributed by atoms with Gasteiger partial charge in [-0.05, 0) is 35.4 Å². The summed E-state index contributed by atoms with van der Waals surface area (Å²) in [7, 11) is 1.54. The molecule has 0 aromatic heterocycles. The van der Waals surface area contributed by atoms with Gasteiger partial charge in [0.25, 0.3) is 5.69 Å². The molecule has 0 spiro atoms. The lowest BCUT2D eigenvalue weighted by Crippen LogP contribution is -2.00. The standard InChI is InChI=1S/C21H18N4O6/c1-30-20-10-7-16(11-21(20)31-14-15-5-3-2-4-6-15)13-22-23-18-9-8-17(24(26)27)12-19(18)25(28)29/h2-13,23H,14H2,1H3. The maximum Gasteiger partial charge on any atom is 0.301 e. The molecule has 0 atom stereocenters. The minimum Gasteiger partial charge on any atom is -0.493 e. The quantitative estimate of drug-likeness (QED) is 0.304. The molecule has 0 bridgehead atoms. The van der Waals surface area contributed by atoms with Crippen molar-refractivity contribution in [1.29, 1.82) is 0 Å². The van der Waals surface area contributed by atoms with Crippen molar-refractivity contribution < 1.29 is 19.3 Å². The molecule has 0 aliphatic rings. The Morgan fingerprint density at radius 1 is 0.968 bits per heavy atom. The smallest absolute Gasteiger partial charge is 0.301 e. The van der Waals surface area contributed by atoms with Crippen LogP contribution in [0.4, 0.5) is 17.1 Å². The summed E-state index contributed by atoms with van der Waals surface area (Å²) in [6, 6.07) is 18.1. The van der Waals surface area contributed by atoms with Gasteiger partial charge in [-0.2, -0.15) is 5.10 Å². The predicted octanol–water partition coefficient (Wildman–Crippen LogP) is 4.54. The lowest BCUT2D eigenvalue weighted by atomic mass is 10.2. The van der Waals surface area contributed by atoms with E-state index >= 15 is 0 Å². The molecular formula is C21H18N4O6. The molecule has 1 N–H and O–H groups in total. The van der Waals surface area contributed by atoms with Gasteiger partial charge in [-0.25, -0.2) is 0 Å². The van der Waals surface area contributed by atoms with Gasteiger partial charge in [0, 0.05) is 6.07 Å². The van der Waals surface area contributed by atoms with Crippen LogP contribution in [0, 0.1) is 20.2 Å². The number of non-ortho nitro benzene ring substituents is 1. The predicted molar refractivity (Wildman–Crippen MR) is 115 cm³/mol. The number of nitrogens with one attached hydrogen (secondary N) is 1. The monoisotopic (exact) mass is 422 g/mol. The van der Waals surface area contributed by atoms with Crippen molar-refractivity contribution in [3.63, 3.8) is 0 Å². The number of hydrogen-bond acceptors (Lipinski definition) is 8. The molecule has 0 radical (unpaired) electrons. The SMILES string of the molecule is COc1ccc(C=NNc2ccc([N+](=O)[O-])cc2[N+](=O)[O-])cc1OCc1ccccc1. The lowest BCUT2D eigenvalue weighted by molar-refractivity contribution is -0.393. The zero-order valence-corrected chi connectivity index (χ0v) is 16.4. The average Bonchev–Trinajstić information content (AvgIpc) is 2.78. The van der Waals surface area contributed by atoms with Gasteiger partial charge in [0.05, 0.1) is 29.2 Å². The summed E-state index contributed by atoms with van der Waals surface area (Å²) in [5.41, 5.74) is 3.40. The number of nitro groups is 2. The van der Waals surface area contributed by atoms with Crippen LogP contribution in [0.3, 0.4) is 0 Å². The Hall–Kier alpha value is -4.47. The van der Waals surface area contributed by atoms with Crippen molar-refractivity contribution in [2.75, 3.05) is 12.5 Å². The number of ether oxygens (including phenoxy) is 2. The van der Waals surface area contributed by atoms with E-state index in [0.29, 0.717) is 23.7 Å². The second kappa shape index (κ2) is 9.83. The van der Waals surface area contributed by atoms with Gasteiger partial charge in [0.1, 0.15) is 12.3 Å². The second-order valence-electron chi connectivity index (χ2n) is 6.27. The van der Waals surface area contributed by atoms with E-state index in [1.54, 1.807) is 18.2 Å². The highest BCUT2D eigenvalue weighted by Crippen LogP contribution is 2.30. The molecule has 0 aliphatic carbocycles. The van der Waals surface area contributed by atoms with Crippen LogP contribution in [0.1, 0.15) is 11.1 Å². The summed E-state index contributed by atoms with van der Waals surface area (Å²) >= 11 is 0.